The van der Waals surface area contributed by atoms with E-state index in [4.69, 9.17) is 18.9 Å². The third kappa shape index (κ3) is 9.17. The SMILES string of the molecule is C=CC(=O)OC/C=C/COc1ccc(-c2ccc(OC/C=C/COC(=O)C=C)cc2)cc1. The normalized spacial score (nSPS) is 10.6. The standard InChI is InChI=1S/C26H26O6/c1-3-25(27)31-19-7-5-17-29-23-13-9-21(10-14-23)22-11-15-24(16-12-22)30-18-6-8-20-32-26(28)4-2/h3-16H,1-2,17-20H2/b7-5+,8-6+. The molecule has 0 aliphatic heterocycles. The van der Waals surface area contributed by atoms with Crippen LogP contribution in [0.4, 0.5) is 0 Å². The summed E-state index contributed by atoms with van der Waals surface area (Å²) in [6.45, 7) is 7.79. The minimum atomic E-state index is -0.452. The molecule has 0 saturated heterocycles. The van der Waals surface area contributed by atoms with E-state index < -0.39 is 11.9 Å². The van der Waals surface area contributed by atoms with Gasteiger partial charge in [-0.3, -0.25) is 0 Å². The van der Waals surface area contributed by atoms with Crippen LogP contribution in [0.2, 0.25) is 0 Å². The largest absolute Gasteiger partial charge is 0.490 e. The van der Waals surface area contributed by atoms with Gasteiger partial charge in [0.15, 0.2) is 0 Å². The zero-order valence-electron chi connectivity index (χ0n) is 17.8. The zero-order chi connectivity index (χ0) is 23.0. The summed E-state index contributed by atoms with van der Waals surface area (Å²) in [6, 6.07) is 15.5. The Bertz CT molecular complexity index is 860. The molecule has 0 amide bonds. The molecule has 166 valence electrons. The highest BCUT2D eigenvalue weighted by Gasteiger charge is 2.00. The number of hydrogen-bond donors (Lipinski definition) is 0. The first-order valence-electron chi connectivity index (χ1n) is 9.97. The van der Waals surface area contributed by atoms with E-state index >= 15 is 0 Å². The molecule has 32 heavy (non-hydrogen) atoms. The van der Waals surface area contributed by atoms with Crippen molar-refractivity contribution < 1.29 is 28.5 Å². The fourth-order valence-electron chi connectivity index (χ4n) is 2.43. The maximum atomic E-state index is 10.9. The van der Waals surface area contributed by atoms with Gasteiger partial charge in [0.05, 0.1) is 0 Å². The smallest absolute Gasteiger partial charge is 0.330 e. The van der Waals surface area contributed by atoms with Crippen LogP contribution in [0.3, 0.4) is 0 Å². The van der Waals surface area contributed by atoms with Crippen molar-refractivity contribution in [1.29, 1.82) is 0 Å². The first-order valence-corrected chi connectivity index (χ1v) is 9.97. The molecule has 0 radical (unpaired) electrons. The first kappa shape index (κ1) is 24.2. The quantitative estimate of drug-likeness (QED) is 0.259. The molecule has 0 bridgehead atoms. The van der Waals surface area contributed by atoms with E-state index in [1.165, 1.54) is 0 Å². The van der Waals surface area contributed by atoms with Crippen LogP contribution >= 0.6 is 0 Å². The molecule has 2 aromatic rings. The average molecular weight is 434 g/mol. The van der Waals surface area contributed by atoms with Crippen LogP contribution in [-0.2, 0) is 19.1 Å². The van der Waals surface area contributed by atoms with Gasteiger partial charge in [-0.15, -0.1) is 0 Å². The molecule has 0 saturated carbocycles. The number of ether oxygens (including phenoxy) is 4. The molecule has 6 heteroatoms. The molecule has 6 nitrogen and oxygen atoms in total. The average Bonchev–Trinajstić information content (AvgIpc) is 2.83. The van der Waals surface area contributed by atoms with Crippen LogP contribution in [0.25, 0.3) is 11.1 Å². The van der Waals surface area contributed by atoms with Gasteiger partial charge in [-0.1, -0.05) is 37.4 Å². The summed E-state index contributed by atoms with van der Waals surface area (Å²) in [5.74, 6) is 0.580. The summed E-state index contributed by atoms with van der Waals surface area (Å²) < 4.78 is 20.9. The van der Waals surface area contributed by atoms with Gasteiger partial charge < -0.3 is 18.9 Å². The second kappa shape index (κ2) is 14.0. The molecule has 0 aliphatic carbocycles. The molecule has 0 N–H and O–H groups in total. The lowest BCUT2D eigenvalue weighted by molar-refractivity contribution is -0.137. The van der Waals surface area contributed by atoms with E-state index in [9.17, 15) is 9.59 Å². The molecule has 2 aromatic carbocycles. The number of esters is 2. The molecule has 0 fully saturated rings. The number of carbonyl (C=O) groups is 2. The summed E-state index contributed by atoms with van der Waals surface area (Å²) in [6.07, 6.45) is 9.24. The lowest BCUT2D eigenvalue weighted by Crippen LogP contribution is -2.00. The van der Waals surface area contributed by atoms with E-state index in [2.05, 4.69) is 13.2 Å². The fraction of sp³-hybridized carbons (Fsp3) is 0.154. The third-order valence-corrected chi connectivity index (χ3v) is 4.04. The lowest BCUT2D eigenvalue weighted by atomic mass is 10.1. The maximum Gasteiger partial charge on any atom is 0.330 e. The Hall–Kier alpha value is -4.06. The zero-order valence-corrected chi connectivity index (χ0v) is 17.8. The van der Waals surface area contributed by atoms with Gasteiger partial charge in [0.2, 0.25) is 0 Å². The van der Waals surface area contributed by atoms with Gasteiger partial charge in [-0.25, -0.2) is 9.59 Å². The maximum absolute atomic E-state index is 10.9. The number of benzene rings is 2. The van der Waals surface area contributed by atoms with Crippen LogP contribution in [0.5, 0.6) is 11.5 Å². The third-order valence-electron chi connectivity index (χ3n) is 4.04. The van der Waals surface area contributed by atoms with Crippen molar-refractivity contribution in [2.75, 3.05) is 26.4 Å². The van der Waals surface area contributed by atoms with Crippen molar-refractivity contribution in [2.24, 2.45) is 0 Å². The molecule has 0 spiro atoms. The van der Waals surface area contributed by atoms with Gasteiger partial charge in [0.1, 0.15) is 37.9 Å². The number of hydrogen-bond acceptors (Lipinski definition) is 6. The number of rotatable bonds is 13. The second-order valence-corrected chi connectivity index (χ2v) is 6.28. The van der Waals surface area contributed by atoms with E-state index in [1.807, 2.05) is 48.5 Å². The Labute approximate surface area is 188 Å². The fourth-order valence-corrected chi connectivity index (χ4v) is 2.43. The van der Waals surface area contributed by atoms with Crippen LogP contribution in [0.1, 0.15) is 0 Å². The highest BCUT2D eigenvalue weighted by molar-refractivity contribution is 5.81. The Morgan fingerprint density at radius 3 is 1.28 bits per heavy atom. The molecular formula is C26H26O6. The lowest BCUT2D eigenvalue weighted by Gasteiger charge is -2.07. The minimum absolute atomic E-state index is 0.189. The summed E-state index contributed by atoms with van der Waals surface area (Å²) >= 11 is 0. The highest BCUT2D eigenvalue weighted by atomic mass is 16.5. The first-order chi connectivity index (χ1) is 15.6. The molecule has 0 aliphatic rings. The van der Waals surface area contributed by atoms with Crippen molar-refractivity contribution in [2.45, 2.75) is 0 Å². The Balaban J connectivity index is 1.74. The van der Waals surface area contributed by atoms with Crippen molar-refractivity contribution in [3.05, 3.63) is 98.1 Å². The van der Waals surface area contributed by atoms with E-state index in [0.717, 1.165) is 34.8 Å². The summed E-state index contributed by atoms with van der Waals surface area (Å²) in [5.41, 5.74) is 2.11. The molecule has 2 rings (SSSR count). The van der Waals surface area contributed by atoms with Crippen LogP contribution in [0, 0.1) is 0 Å². The van der Waals surface area contributed by atoms with E-state index in [0.29, 0.717) is 13.2 Å². The molecule has 0 aromatic heterocycles. The van der Waals surface area contributed by atoms with E-state index in [1.54, 1.807) is 24.3 Å². The molecule has 0 atom stereocenters. The summed E-state index contributed by atoms with van der Waals surface area (Å²) in [5, 5.41) is 0. The van der Waals surface area contributed by atoms with E-state index in [-0.39, 0.29) is 13.2 Å². The van der Waals surface area contributed by atoms with Gasteiger partial charge in [0.25, 0.3) is 0 Å². The van der Waals surface area contributed by atoms with Gasteiger partial charge in [-0.2, -0.15) is 0 Å². The highest BCUT2D eigenvalue weighted by Crippen LogP contribution is 2.24. The van der Waals surface area contributed by atoms with Crippen LogP contribution < -0.4 is 9.47 Å². The van der Waals surface area contributed by atoms with Gasteiger partial charge in [0, 0.05) is 12.2 Å². The Morgan fingerprint density at radius 2 is 0.938 bits per heavy atom. The van der Waals surface area contributed by atoms with Crippen LogP contribution in [-0.4, -0.2) is 38.4 Å². The van der Waals surface area contributed by atoms with Gasteiger partial charge >= 0.3 is 11.9 Å². The monoisotopic (exact) mass is 434 g/mol. The Morgan fingerprint density at radius 1 is 0.594 bits per heavy atom. The van der Waals surface area contributed by atoms with Gasteiger partial charge in [-0.05, 0) is 59.7 Å². The van der Waals surface area contributed by atoms with Crippen LogP contribution in [0.15, 0.2) is 98.1 Å². The molecule has 0 unspecified atom stereocenters. The topological polar surface area (TPSA) is 71.1 Å². The summed E-state index contributed by atoms with van der Waals surface area (Å²) in [7, 11) is 0. The molecular weight excluding hydrogens is 408 g/mol. The predicted molar refractivity (Wildman–Crippen MR) is 123 cm³/mol. The van der Waals surface area contributed by atoms with Crippen molar-refractivity contribution in [3.8, 4) is 22.6 Å². The summed E-state index contributed by atoms with van der Waals surface area (Å²) in [4.78, 5) is 21.8. The second-order valence-electron chi connectivity index (χ2n) is 6.28. The predicted octanol–water partition coefficient (Wildman–Crippen LogP) is 4.68. The molecule has 0 heterocycles. The van der Waals surface area contributed by atoms with Crippen molar-refractivity contribution in [1.82, 2.24) is 0 Å². The Kier molecular flexibility index (Phi) is 10.6. The number of carbonyl (C=O) groups excluding carboxylic acids is 2. The van der Waals surface area contributed by atoms with Crippen molar-refractivity contribution in [3.63, 3.8) is 0 Å². The van der Waals surface area contributed by atoms with Crippen molar-refractivity contribution >= 4 is 11.9 Å². The minimum Gasteiger partial charge on any atom is -0.490 e.